The van der Waals surface area contributed by atoms with E-state index in [0.29, 0.717) is 0 Å². The van der Waals surface area contributed by atoms with Crippen molar-refractivity contribution in [3.8, 4) is 0 Å². The van der Waals surface area contributed by atoms with Gasteiger partial charge in [0.1, 0.15) is 0 Å². The second kappa shape index (κ2) is 5.14. The molecule has 0 aliphatic rings. The van der Waals surface area contributed by atoms with Crippen molar-refractivity contribution in [3.05, 3.63) is 46.0 Å². The smallest absolute Gasteiger partial charge is 0.254 e. The molecule has 2 rings (SSSR count). The van der Waals surface area contributed by atoms with Gasteiger partial charge in [-0.15, -0.1) is 11.3 Å². The van der Waals surface area contributed by atoms with Crippen molar-refractivity contribution in [2.45, 2.75) is 13.0 Å². The molecule has 0 saturated heterocycles. The highest BCUT2D eigenvalue weighted by Gasteiger charge is 2.17. The summed E-state index contributed by atoms with van der Waals surface area (Å²) < 4.78 is 13.6. The van der Waals surface area contributed by atoms with E-state index in [9.17, 15) is 9.18 Å². The number of nitrogens with two attached hydrogens (primary N) is 1. The van der Waals surface area contributed by atoms with Crippen LogP contribution in [0.2, 0.25) is 0 Å². The first-order valence-electron chi connectivity index (χ1n) is 5.34. The second-order valence-electron chi connectivity index (χ2n) is 3.77. The number of hydrogen-bond acceptors (Lipinski definition) is 4. The molecule has 0 spiro atoms. The number of nitrogens with zero attached hydrogens (tertiary/aromatic N) is 1. The maximum absolute atomic E-state index is 13.6. The Balaban J connectivity index is 2.15. The summed E-state index contributed by atoms with van der Waals surface area (Å²) in [6.07, 6.45) is 1.31. The van der Waals surface area contributed by atoms with Gasteiger partial charge in [0.25, 0.3) is 5.91 Å². The summed E-state index contributed by atoms with van der Waals surface area (Å²) in [7, 11) is 0. The zero-order chi connectivity index (χ0) is 13.1. The molecule has 0 aliphatic heterocycles. The molecule has 3 N–H and O–H groups in total. The molecule has 1 amide bonds. The summed E-state index contributed by atoms with van der Waals surface area (Å²) in [5, 5.41) is 4.63. The van der Waals surface area contributed by atoms with Crippen molar-refractivity contribution in [3.63, 3.8) is 0 Å². The van der Waals surface area contributed by atoms with Crippen molar-refractivity contribution in [1.29, 1.82) is 0 Å². The number of aromatic nitrogens is 1. The number of anilines is 1. The predicted molar refractivity (Wildman–Crippen MR) is 68.8 cm³/mol. The highest BCUT2D eigenvalue weighted by Crippen LogP contribution is 2.19. The zero-order valence-corrected chi connectivity index (χ0v) is 10.5. The minimum Gasteiger partial charge on any atom is -0.381 e. The number of thiophene rings is 1. The third-order valence-corrected chi connectivity index (χ3v) is 3.53. The lowest BCUT2D eigenvalue weighted by Crippen LogP contribution is -2.27. The number of rotatable bonds is 3. The van der Waals surface area contributed by atoms with E-state index in [1.165, 1.54) is 23.6 Å². The minimum atomic E-state index is -0.784. The van der Waals surface area contributed by atoms with Gasteiger partial charge in [-0.3, -0.25) is 4.79 Å². The molecule has 0 aromatic carbocycles. The fraction of sp³-hybridized carbons (Fsp3) is 0.167. The van der Waals surface area contributed by atoms with E-state index in [0.717, 1.165) is 4.88 Å². The second-order valence-corrected chi connectivity index (χ2v) is 4.75. The van der Waals surface area contributed by atoms with Crippen molar-refractivity contribution in [1.82, 2.24) is 10.3 Å². The van der Waals surface area contributed by atoms with Gasteiger partial charge < -0.3 is 11.1 Å². The van der Waals surface area contributed by atoms with E-state index in [-0.39, 0.29) is 17.4 Å². The Morgan fingerprint density at radius 1 is 1.56 bits per heavy atom. The van der Waals surface area contributed by atoms with Crippen LogP contribution in [-0.2, 0) is 0 Å². The average molecular weight is 265 g/mol. The van der Waals surface area contributed by atoms with E-state index >= 15 is 0 Å². The Labute approximate surface area is 108 Å². The molecule has 94 valence electrons. The number of nitrogen functional groups attached to an aromatic ring is 1. The third kappa shape index (κ3) is 2.48. The summed E-state index contributed by atoms with van der Waals surface area (Å²) in [5.74, 6) is -1.55. The molecular formula is C12H12FN3OS. The summed E-state index contributed by atoms with van der Waals surface area (Å²) in [6.45, 7) is 1.84. The number of hydrogen-bond donors (Lipinski definition) is 2. The standard InChI is InChI=1S/C12H12FN3OS/c1-7(9-3-2-6-18-9)16-12(17)8-4-5-15-11(14)10(8)13/h2-7H,1H3,(H2,14,15)(H,16,17). The van der Waals surface area contributed by atoms with E-state index < -0.39 is 11.7 Å². The Morgan fingerprint density at radius 2 is 2.33 bits per heavy atom. The molecule has 1 unspecified atom stereocenters. The third-order valence-electron chi connectivity index (χ3n) is 2.48. The maximum Gasteiger partial charge on any atom is 0.254 e. The summed E-state index contributed by atoms with van der Waals surface area (Å²) in [4.78, 5) is 16.5. The summed E-state index contributed by atoms with van der Waals surface area (Å²) in [5.41, 5.74) is 5.23. The van der Waals surface area contributed by atoms with E-state index in [1.54, 1.807) is 0 Å². The lowest BCUT2D eigenvalue weighted by molar-refractivity contribution is 0.0936. The minimum absolute atomic E-state index is 0.0918. The van der Waals surface area contributed by atoms with Crippen molar-refractivity contribution in [2.75, 3.05) is 5.73 Å². The molecule has 2 heterocycles. The Kier molecular flexibility index (Phi) is 3.57. The van der Waals surface area contributed by atoms with Crippen LogP contribution in [0.15, 0.2) is 29.8 Å². The van der Waals surface area contributed by atoms with Gasteiger partial charge in [-0.2, -0.15) is 0 Å². The number of pyridine rings is 1. The monoisotopic (exact) mass is 265 g/mol. The molecule has 0 aliphatic carbocycles. The van der Waals surface area contributed by atoms with Gasteiger partial charge in [-0.05, 0) is 24.4 Å². The van der Waals surface area contributed by atoms with Crippen LogP contribution >= 0.6 is 11.3 Å². The highest BCUT2D eigenvalue weighted by atomic mass is 32.1. The van der Waals surface area contributed by atoms with Gasteiger partial charge in [0, 0.05) is 11.1 Å². The molecule has 2 aromatic heterocycles. The molecule has 1 atom stereocenters. The molecule has 2 aromatic rings. The van der Waals surface area contributed by atoms with Gasteiger partial charge in [0.2, 0.25) is 0 Å². The van der Waals surface area contributed by atoms with Gasteiger partial charge in [-0.1, -0.05) is 6.07 Å². The number of carbonyl (C=O) groups excluding carboxylic acids is 1. The lowest BCUT2D eigenvalue weighted by Gasteiger charge is -2.12. The van der Waals surface area contributed by atoms with Gasteiger partial charge in [-0.25, -0.2) is 9.37 Å². The van der Waals surface area contributed by atoms with E-state index in [1.807, 2.05) is 24.4 Å². The lowest BCUT2D eigenvalue weighted by atomic mass is 10.2. The van der Waals surface area contributed by atoms with Crippen LogP contribution in [0.5, 0.6) is 0 Å². The number of halogens is 1. The van der Waals surface area contributed by atoms with Crippen LogP contribution in [0, 0.1) is 5.82 Å². The predicted octanol–water partition coefficient (Wildman–Crippen LogP) is 2.36. The van der Waals surface area contributed by atoms with Crippen molar-refractivity contribution < 1.29 is 9.18 Å². The molecule has 4 nitrogen and oxygen atoms in total. The number of carbonyl (C=O) groups is 1. The number of amides is 1. The van der Waals surface area contributed by atoms with Crippen LogP contribution in [0.3, 0.4) is 0 Å². The van der Waals surface area contributed by atoms with Crippen LogP contribution in [0.1, 0.15) is 28.2 Å². The summed E-state index contributed by atoms with van der Waals surface area (Å²) >= 11 is 1.53. The quantitative estimate of drug-likeness (QED) is 0.895. The Morgan fingerprint density at radius 3 is 3.00 bits per heavy atom. The largest absolute Gasteiger partial charge is 0.381 e. The van der Waals surface area contributed by atoms with Crippen molar-refractivity contribution >= 4 is 23.1 Å². The first-order chi connectivity index (χ1) is 8.59. The van der Waals surface area contributed by atoms with Gasteiger partial charge in [0.15, 0.2) is 11.6 Å². The molecule has 0 fully saturated rings. The first-order valence-corrected chi connectivity index (χ1v) is 6.22. The fourth-order valence-electron chi connectivity index (χ4n) is 1.52. The van der Waals surface area contributed by atoms with Gasteiger partial charge >= 0.3 is 0 Å². The Hall–Kier alpha value is -1.95. The van der Waals surface area contributed by atoms with Crippen LogP contribution in [-0.4, -0.2) is 10.9 Å². The molecular weight excluding hydrogens is 253 g/mol. The Bertz CT molecular complexity index is 556. The SMILES string of the molecule is CC(NC(=O)c1ccnc(N)c1F)c1cccs1. The molecule has 18 heavy (non-hydrogen) atoms. The molecule has 0 saturated carbocycles. The van der Waals surface area contributed by atoms with Gasteiger partial charge in [0.05, 0.1) is 11.6 Å². The molecule has 6 heteroatoms. The van der Waals surface area contributed by atoms with Crippen LogP contribution in [0.4, 0.5) is 10.2 Å². The topological polar surface area (TPSA) is 68.0 Å². The van der Waals surface area contributed by atoms with E-state index in [4.69, 9.17) is 5.73 Å². The van der Waals surface area contributed by atoms with E-state index in [2.05, 4.69) is 10.3 Å². The van der Waals surface area contributed by atoms with Crippen LogP contribution < -0.4 is 11.1 Å². The fourth-order valence-corrected chi connectivity index (χ4v) is 2.25. The van der Waals surface area contributed by atoms with Crippen LogP contribution in [0.25, 0.3) is 0 Å². The maximum atomic E-state index is 13.6. The molecule has 0 bridgehead atoms. The normalized spacial score (nSPS) is 12.1. The number of nitrogens with one attached hydrogen (secondary N) is 1. The average Bonchev–Trinajstić information content (AvgIpc) is 2.86. The first kappa shape index (κ1) is 12.5. The summed E-state index contributed by atoms with van der Waals surface area (Å²) in [6, 6.07) is 4.94. The molecule has 0 radical (unpaired) electrons. The van der Waals surface area contributed by atoms with Crippen molar-refractivity contribution in [2.24, 2.45) is 0 Å². The zero-order valence-electron chi connectivity index (χ0n) is 9.68. The highest BCUT2D eigenvalue weighted by molar-refractivity contribution is 7.10.